The lowest BCUT2D eigenvalue weighted by molar-refractivity contribution is 0.138. The van der Waals surface area contributed by atoms with E-state index in [1.54, 1.807) is 6.92 Å². The maximum Gasteiger partial charge on any atom is 0.138 e. The highest BCUT2D eigenvalue weighted by Crippen LogP contribution is 2.16. The predicted molar refractivity (Wildman–Crippen MR) is 62.9 cm³/mol. The minimum Gasteiger partial charge on any atom is -0.393 e. The zero-order valence-electron chi connectivity index (χ0n) is 9.04. The van der Waals surface area contributed by atoms with Crippen LogP contribution in [-0.2, 0) is 0 Å². The fourth-order valence-electron chi connectivity index (χ4n) is 1.13. The molecule has 0 saturated carbocycles. The Morgan fingerprint density at radius 3 is 2.56 bits per heavy atom. The molecule has 0 aromatic carbocycles. The average molecular weight is 212 g/mol. The van der Waals surface area contributed by atoms with Crippen LogP contribution < -0.4 is 0 Å². The van der Waals surface area contributed by atoms with Gasteiger partial charge in [0.2, 0.25) is 0 Å². The molecule has 0 heterocycles. The van der Waals surface area contributed by atoms with E-state index in [1.807, 2.05) is 12.2 Å². The Labute approximate surface area is 95.7 Å². The summed E-state index contributed by atoms with van der Waals surface area (Å²) in [4.78, 5) is 0. The number of aliphatic hydroxyl groups is 2. The largest absolute Gasteiger partial charge is 0.393 e. The van der Waals surface area contributed by atoms with Crippen molar-refractivity contribution in [3.63, 3.8) is 0 Å². The lowest BCUT2D eigenvalue weighted by Crippen LogP contribution is -2.07. The fourth-order valence-corrected chi connectivity index (χ4v) is 1.13. The zero-order chi connectivity index (χ0) is 11.8. The van der Waals surface area contributed by atoms with E-state index in [2.05, 4.69) is 35.5 Å². The van der Waals surface area contributed by atoms with Gasteiger partial charge < -0.3 is 10.2 Å². The van der Waals surface area contributed by atoms with Gasteiger partial charge in [0.15, 0.2) is 0 Å². The maximum absolute atomic E-state index is 8.93. The quantitative estimate of drug-likeness (QED) is 0.626. The van der Waals surface area contributed by atoms with Crippen LogP contribution in [-0.4, -0.2) is 22.9 Å². The van der Waals surface area contributed by atoms with Crippen molar-refractivity contribution in [3.8, 4) is 35.5 Å². The van der Waals surface area contributed by atoms with Crippen LogP contribution in [0.25, 0.3) is 0 Å². The van der Waals surface area contributed by atoms with E-state index in [-0.39, 0.29) is 6.61 Å². The van der Waals surface area contributed by atoms with Crippen LogP contribution in [0.3, 0.4) is 0 Å². The molecular formula is C14H12O2. The molecule has 1 atom stereocenters. The Morgan fingerprint density at radius 1 is 1.25 bits per heavy atom. The van der Waals surface area contributed by atoms with Crippen molar-refractivity contribution in [3.05, 3.63) is 23.3 Å². The van der Waals surface area contributed by atoms with E-state index >= 15 is 0 Å². The second-order valence-electron chi connectivity index (χ2n) is 3.15. The highest BCUT2D eigenvalue weighted by atomic mass is 16.3. The molecule has 1 aliphatic carbocycles. The Bertz CT molecular complexity index is 490. The molecule has 2 heteroatoms. The molecule has 16 heavy (non-hydrogen) atoms. The van der Waals surface area contributed by atoms with Gasteiger partial charge in [0.05, 0.1) is 6.61 Å². The lowest BCUT2D eigenvalue weighted by atomic mass is 10.1. The summed E-state index contributed by atoms with van der Waals surface area (Å²) in [5, 5.41) is 17.4. The summed E-state index contributed by atoms with van der Waals surface area (Å²) < 4.78 is 0. The summed E-state index contributed by atoms with van der Waals surface area (Å²) >= 11 is 0. The maximum atomic E-state index is 8.93. The lowest BCUT2D eigenvalue weighted by Gasteiger charge is -1.91. The van der Waals surface area contributed by atoms with Crippen molar-refractivity contribution in [1.29, 1.82) is 0 Å². The first kappa shape index (κ1) is 12.2. The van der Waals surface area contributed by atoms with Gasteiger partial charge in [-0.2, -0.15) is 0 Å². The van der Waals surface area contributed by atoms with Gasteiger partial charge in [-0.25, -0.2) is 0 Å². The van der Waals surface area contributed by atoms with E-state index in [9.17, 15) is 0 Å². The second-order valence-corrected chi connectivity index (χ2v) is 3.15. The van der Waals surface area contributed by atoms with Crippen LogP contribution in [0.2, 0.25) is 0 Å². The van der Waals surface area contributed by atoms with Crippen LogP contribution in [0, 0.1) is 35.5 Å². The van der Waals surface area contributed by atoms with Crippen LogP contribution >= 0.6 is 0 Å². The molecule has 80 valence electrons. The Hall–Kier alpha value is -1.92. The molecule has 2 nitrogen and oxygen atoms in total. The van der Waals surface area contributed by atoms with E-state index in [0.29, 0.717) is 0 Å². The third-order valence-electron chi connectivity index (χ3n) is 1.85. The second kappa shape index (κ2) is 6.54. The number of allylic oxidation sites excluding steroid dienone is 4. The molecule has 0 aromatic rings. The summed E-state index contributed by atoms with van der Waals surface area (Å²) in [6, 6.07) is 0. The summed E-state index contributed by atoms with van der Waals surface area (Å²) in [5.74, 6) is 16.2. The van der Waals surface area contributed by atoms with Crippen molar-refractivity contribution in [2.75, 3.05) is 6.61 Å². The number of hydrogen-bond acceptors (Lipinski definition) is 2. The summed E-state index contributed by atoms with van der Waals surface area (Å²) in [6.45, 7) is 1.43. The smallest absolute Gasteiger partial charge is 0.138 e. The van der Waals surface area contributed by atoms with Crippen molar-refractivity contribution < 1.29 is 10.2 Å². The Kier molecular flexibility index (Phi) is 4.97. The third kappa shape index (κ3) is 4.07. The minimum atomic E-state index is -1.01. The van der Waals surface area contributed by atoms with Gasteiger partial charge in [-0.15, -0.1) is 5.92 Å². The van der Waals surface area contributed by atoms with Crippen molar-refractivity contribution in [2.45, 2.75) is 19.4 Å². The van der Waals surface area contributed by atoms with Gasteiger partial charge in [-0.1, -0.05) is 17.8 Å². The molecule has 0 bridgehead atoms. The summed E-state index contributed by atoms with van der Waals surface area (Å²) in [6.07, 6.45) is 3.59. The molecule has 2 N–H and O–H groups in total. The average Bonchev–Trinajstić information content (AvgIpc) is 2.72. The van der Waals surface area contributed by atoms with Crippen molar-refractivity contribution >= 4 is 0 Å². The van der Waals surface area contributed by atoms with E-state index < -0.39 is 6.10 Å². The molecular weight excluding hydrogens is 200 g/mol. The molecule has 1 rings (SSSR count). The van der Waals surface area contributed by atoms with Gasteiger partial charge in [0, 0.05) is 17.6 Å². The number of hydrogen-bond donors (Lipinski definition) is 2. The van der Waals surface area contributed by atoms with Crippen molar-refractivity contribution in [1.82, 2.24) is 0 Å². The van der Waals surface area contributed by atoms with Gasteiger partial charge in [-0.3, -0.25) is 0 Å². The van der Waals surface area contributed by atoms with E-state index in [0.717, 1.165) is 17.6 Å². The molecule has 0 aliphatic heterocycles. The fraction of sp³-hybridized carbons (Fsp3) is 0.286. The van der Waals surface area contributed by atoms with Crippen LogP contribution in [0.1, 0.15) is 13.3 Å². The zero-order valence-corrected chi connectivity index (χ0v) is 9.04. The number of aliphatic hydroxyl groups excluding tert-OH is 2. The van der Waals surface area contributed by atoms with E-state index in [4.69, 9.17) is 10.2 Å². The molecule has 1 aliphatic rings. The SMILES string of the molecule is CC#CC1=CC=C(C#CC#C[C@H](O)CO)C1. The standard InChI is InChI=1S/C14H12O2/c1-2-5-12-8-9-13(10-12)6-3-4-7-14(16)11-15/h8-9,14-16H,10-11H2,1H3/t14-/m0/s1. The van der Waals surface area contributed by atoms with Crippen molar-refractivity contribution in [2.24, 2.45) is 0 Å². The van der Waals surface area contributed by atoms with Crippen LogP contribution in [0.15, 0.2) is 23.3 Å². The Morgan fingerprint density at radius 2 is 1.94 bits per heavy atom. The minimum absolute atomic E-state index is 0.366. The van der Waals surface area contributed by atoms with Crippen LogP contribution in [0.5, 0.6) is 0 Å². The van der Waals surface area contributed by atoms with E-state index in [1.165, 1.54) is 0 Å². The predicted octanol–water partition coefficient (Wildman–Crippen LogP) is 0.626. The molecule has 0 fully saturated rings. The first-order chi connectivity index (χ1) is 7.76. The van der Waals surface area contributed by atoms with Gasteiger partial charge in [-0.05, 0) is 30.9 Å². The number of rotatable bonds is 1. The third-order valence-corrected chi connectivity index (χ3v) is 1.85. The molecule has 0 saturated heterocycles. The van der Waals surface area contributed by atoms with Crippen LogP contribution in [0.4, 0.5) is 0 Å². The molecule has 0 radical (unpaired) electrons. The highest BCUT2D eigenvalue weighted by molar-refractivity contribution is 5.50. The van der Waals surface area contributed by atoms with Gasteiger partial charge >= 0.3 is 0 Å². The molecule has 0 spiro atoms. The highest BCUT2D eigenvalue weighted by Gasteiger charge is 2.02. The first-order valence-electron chi connectivity index (χ1n) is 4.89. The monoisotopic (exact) mass is 212 g/mol. The molecule has 0 unspecified atom stereocenters. The summed E-state index contributed by atoms with van der Waals surface area (Å²) in [5.41, 5.74) is 2.01. The van der Waals surface area contributed by atoms with Gasteiger partial charge in [0.1, 0.15) is 6.10 Å². The molecule has 0 aromatic heterocycles. The first-order valence-corrected chi connectivity index (χ1v) is 4.89. The molecule has 0 amide bonds. The normalized spacial score (nSPS) is 14.2. The summed E-state index contributed by atoms with van der Waals surface area (Å²) in [7, 11) is 0. The Balaban J connectivity index is 2.49. The topological polar surface area (TPSA) is 40.5 Å². The van der Waals surface area contributed by atoms with Gasteiger partial charge in [0.25, 0.3) is 0 Å².